The van der Waals surface area contributed by atoms with Crippen molar-refractivity contribution in [1.29, 1.82) is 0 Å². The molecule has 0 bridgehead atoms. The van der Waals surface area contributed by atoms with E-state index in [2.05, 4.69) is 6.92 Å². The molecule has 4 rings (SSSR count). The van der Waals surface area contributed by atoms with E-state index in [9.17, 15) is 9.90 Å². The van der Waals surface area contributed by atoms with Crippen molar-refractivity contribution in [2.45, 2.75) is 77.4 Å². The minimum absolute atomic E-state index is 0.0694. The predicted molar refractivity (Wildman–Crippen MR) is 88.9 cm³/mol. The number of carbonyl (C=O) groups is 1. The largest absolute Gasteiger partial charge is 0.390 e. The van der Waals surface area contributed by atoms with Crippen LogP contribution in [0.3, 0.4) is 0 Å². The normalized spacial score (nSPS) is 55.7. The van der Waals surface area contributed by atoms with Crippen LogP contribution in [-0.4, -0.2) is 29.2 Å². The van der Waals surface area contributed by atoms with E-state index in [1.165, 1.54) is 25.7 Å². The van der Waals surface area contributed by atoms with E-state index in [1.54, 1.807) is 6.92 Å². The van der Waals surface area contributed by atoms with E-state index >= 15 is 0 Å². The molecule has 1 heterocycles. The lowest BCUT2D eigenvalue weighted by atomic mass is 9.49. The Hall–Kier alpha value is -0.410. The Labute approximate surface area is 140 Å². The van der Waals surface area contributed by atoms with Crippen LogP contribution in [0.1, 0.15) is 65.7 Å². The van der Waals surface area contributed by atoms with Gasteiger partial charge in [-0.05, 0) is 88.4 Å². The zero-order chi connectivity index (χ0) is 16.4. The standard InChI is InChI=1S/C20H32O3/c1-12(21)18-20(3)9-7-15-14-6-8-19(2,22)10-13(14)4-5-16(15)17(20)11-23-18/h13-18,22H,4-11H2,1-3H3/t13-,14+,15-,16-,17+,18-,19-,20+/m1/s1. The molecule has 3 saturated carbocycles. The topological polar surface area (TPSA) is 46.5 Å². The van der Waals surface area contributed by atoms with Gasteiger partial charge in [0.1, 0.15) is 6.10 Å². The van der Waals surface area contributed by atoms with Crippen LogP contribution in [0, 0.1) is 35.0 Å². The highest BCUT2D eigenvalue weighted by atomic mass is 16.5. The van der Waals surface area contributed by atoms with Gasteiger partial charge < -0.3 is 9.84 Å². The lowest BCUT2D eigenvalue weighted by Crippen LogP contribution is -2.52. The number of rotatable bonds is 1. The van der Waals surface area contributed by atoms with Gasteiger partial charge in [0, 0.05) is 5.41 Å². The molecule has 3 nitrogen and oxygen atoms in total. The quantitative estimate of drug-likeness (QED) is 0.803. The maximum absolute atomic E-state index is 12.0. The molecule has 130 valence electrons. The summed E-state index contributed by atoms with van der Waals surface area (Å²) in [6.07, 6.45) is 7.92. The van der Waals surface area contributed by atoms with Crippen LogP contribution >= 0.6 is 0 Å². The number of fused-ring (bicyclic) bond motifs is 5. The van der Waals surface area contributed by atoms with Crippen molar-refractivity contribution in [3.63, 3.8) is 0 Å². The smallest absolute Gasteiger partial charge is 0.159 e. The summed E-state index contributed by atoms with van der Waals surface area (Å²) in [5.74, 6) is 3.85. The highest BCUT2D eigenvalue weighted by molar-refractivity contribution is 5.81. The minimum atomic E-state index is -0.437. The average molecular weight is 320 g/mol. The molecule has 0 spiro atoms. The van der Waals surface area contributed by atoms with Gasteiger partial charge in [0.25, 0.3) is 0 Å². The number of ether oxygens (including phenoxy) is 1. The molecule has 0 aromatic rings. The first-order valence-corrected chi connectivity index (χ1v) is 9.66. The Balaban J connectivity index is 1.56. The van der Waals surface area contributed by atoms with Crippen LogP contribution in [0.25, 0.3) is 0 Å². The summed E-state index contributed by atoms with van der Waals surface area (Å²) < 4.78 is 5.99. The Kier molecular flexibility index (Phi) is 3.70. The second-order valence-corrected chi connectivity index (χ2v) is 9.54. The summed E-state index contributed by atoms with van der Waals surface area (Å²) in [5.41, 5.74) is -0.368. The van der Waals surface area contributed by atoms with Crippen LogP contribution < -0.4 is 0 Å². The summed E-state index contributed by atoms with van der Waals surface area (Å²) in [4.78, 5) is 12.0. The van der Waals surface area contributed by atoms with Crippen LogP contribution in [0.15, 0.2) is 0 Å². The van der Waals surface area contributed by atoms with Crippen molar-refractivity contribution in [3.05, 3.63) is 0 Å². The first-order valence-electron chi connectivity index (χ1n) is 9.66. The molecule has 8 atom stereocenters. The van der Waals surface area contributed by atoms with E-state index in [0.717, 1.165) is 49.5 Å². The highest BCUT2D eigenvalue weighted by Gasteiger charge is 2.59. The fraction of sp³-hybridized carbons (Fsp3) is 0.950. The van der Waals surface area contributed by atoms with Crippen molar-refractivity contribution in [3.8, 4) is 0 Å². The number of ketones is 1. The van der Waals surface area contributed by atoms with E-state index in [0.29, 0.717) is 5.92 Å². The summed E-state index contributed by atoms with van der Waals surface area (Å²) >= 11 is 0. The summed E-state index contributed by atoms with van der Waals surface area (Å²) in [6.45, 7) is 6.82. The van der Waals surface area contributed by atoms with E-state index in [-0.39, 0.29) is 17.3 Å². The molecule has 1 saturated heterocycles. The molecule has 0 amide bonds. The van der Waals surface area contributed by atoms with Gasteiger partial charge in [-0.2, -0.15) is 0 Å². The molecular weight excluding hydrogens is 288 g/mol. The number of aliphatic hydroxyl groups is 1. The van der Waals surface area contributed by atoms with Crippen LogP contribution in [0.2, 0.25) is 0 Å². The molecule has 3 heteroatoms. The van der Waals surface area contributed by atoms with Gasteiger partial charge >= 0.3 is 0 Å². The van der Waals surface area contributed by atoms with Gasteiger partial charge in [-0.25, -0.2) is 0 Å². The van der Waals surface area contributed by atoms with Crippen LogP contribution in [0.5, 0.6) is 0 Å². The van der Waals surface area contributed by atoms with Crippen LogP contribution in [-0.2, 0) is 9.53 Å². The molecule has 4 fully saturated rings. The van der Waals surface area contributed by atoms with Crippen molar-refractivity contribution in [1.82, 2.24) is 0 Å². The number of Topliss-reactive ketones (excluding diaryl/α,β-unsaturated/α-hetero) is 1. The lowest BCUT2D eigenvalue weighted by molar-refractivity contribution is -0.133. The Morgan fingerprint density at radius 1 is 1.04 bits per heavy atom. The molecule has 0 aromatic heterocycles. The Morgan fingerprint density at radius 3 is 2.52 bits per heavy atom. The van der Waals surface area contributed by atoms with E-state index < -0.39 is 5.60 Å². The number of carbonyl (C=O) groups excluding carboxylic acids is 1. The van der Waals surface area contributed by atoms with Gasteiger partial charge in [-0.3, -0.25) is 4.79 Å². The molecule has 1 aliphatic heterocycles. The van der Waals surface area contributed by atoms with Gasteiger partial charge in [-0.1, -0.05) is 6.92 Å². The number of hydrogen-bond acceptors (Lipinski definition) is 3. The third-order valence-corrected chi connectivity index (χ3v) is 8.09. The van der Waals surface area contributed by atoms with Gasteiger partial charge in [0.15, 0.2) is 5.78 Å². The summed E-state index contributed by atoms with van der Waals surface area (Å²) in [5, 5.41) is 10.4. The molecule has 4 aliphatic rings. The molecule has 3 aliphatic carbocycles. The summed E-state index contributed by atoms with van der Waals surface area (Å²) in [7, 11) is 0. The lowest BCUT2D eigenvalue weighted by Gasteiger charge is -2.56. The van der Waals surface area contributed by atoms with Gasteiger partial charge in [0.2, 0.25) is 0 Å². The van der Waals surface area contributed by atoms with Crippen molar-refractivity contribution < 1.29 is 14.6 Å². The molecule has 0 aromatic carbocycles. The van der Waals surface area contributed by atoms with Gasteiger partial charge in [-0.15, -0.1) is 0 Å². The maximum Gasteiger partial charge on any atom is 0.159 e. The molecule has 1 N–H and O–H groups in total. The maximum atomic E-state index is 12.0. The predicted octanol–water partition coefficient (Wildman–Crippen LogP) is 3.58. The highest BCUT2D eigenvalue weighted by Crippen LogP contribution is 2.61. The van der Waals surface area contributed by atoms with Crippen molar-refractivity contribution in [2.75, 3.05) is 6.61 Å². The monoisotopic (exact) mass is 320 g/mol. The first-order chi connectivity index (χ1) is 10.8. The number of hydrogen-bond donors (Lipinski definition) is 1. The molecule has 0 unspecified atom stereocenters. The third-order valence-electron chi connectivity index (χ3n) is 8.09. The minimum Gasteiger partial charge on any atom is -0.390 e. The zero-order valence-electron chi connectivity index (χ0n) is 14.9. The van der Waals surface area contributed by atoms with E-state index in [4.69, 9.17) is 4.74 Å². The first kappa shape index (κ1) is 16.1. The van der Waals surface area contributed by atoms with Crippen LogP contribution in [0.4, 0.5) is 0 Å². The Bertz CT molecular complexity index is 499. The van der Waals surface area contributed by atoms with Crippen molar-refractivity contribution >= 4 is 5.78 Å². The average Bonchev–Trinajstić information content (AvgIpc) is 2.83. The van der Waals surface area contributed by atoms with Crippen molar-refractivity contribution in [2.24, 2.45) is 35.0 Å². The zero-order valence-corrected chi connectivity index (χ0v) is 14.9. The summed E-state index contributed by atoms with van der Waals surface area (Å²) in [6, 6.07) is 0. The Morgan fingerprint density at radius 2 is 1.78 bits per heavy atom. The second kappa shape index (κ2) is 5.29. The molecule has 0 radical (unpaired) electrons. The fourth-order valence-electron chi connectivity index (χ4n) is 7.04. The SMILES string of the molecule is CC(=O)[C@H]1OC[C@H]2[C@@H]3CC[C@@H]4C[C@](C)(O)CC[C@@H]4[C@H]3CC[C@]12C. The second-order valence-electron chi connectivity index (χ2n) is 9.54. The fourth-order valence-corrected chi connectivity index (χ4v) is 7.04. The molecular formula is C20H32O3. The molecule has 23 heavy (non-hydrogen) atoms. The van der Waals surface area contributed by atoms with Gasteiger partial charge in [0.05, 0.1) is 12.2 Å². The third kappa shape index (κ3) is 2.41. The van der Waals surface area contributed by atoms with E-state index in [1.807, 2.05) is 6.92 Å².